The highest BCUT2D eigenvalue weighted by Crippen LogP contribution is 2.38. The molecule has 1 heterocycles. The lowest BCUT2D eigenvalue weighted by molar-refractivity contribution is -0.115. The molecular formula is C19H16ClFN2O4. The lowest BCUT2D eigenvalue weighted by Crippen LogP contribution is -2.22. The Bertz CT molecular complexity index is 930. The van der Waals surface area contributed by atoms with Gasteiger partial charge in [0, 0.05) is 5.56 Å². The zero-order valence-corrected chi connectivity index (χ0v) is 15.1. The van der Waals surface area contributed by atoms with Crippen LogP contribution in [-0.4, -0.2) is 18.5 Å². The molecule has 140 valence electrons. The van der Waals surface area contributed by atoms with Gasteiger partial charge in [-0.15, -0.1) is 0 Å². The van der Waals surface area contributed by atoms with Crippen LogP contribution in [0.5, 0.6) is 11.5 Å². The molecule has 0 unspecified atom stereocenters. The Morgan fingerprint density at radius 3 is 2.59 bits per heavy atom. The van der Waals surface area contributed by atoms with Gasteiger partial charge in [0.1, 0.15) is 18.1 Å². The molecule has 1 saturated heterocycles. The van der Waals surface area contributed by atoms with E-state index in [0.29, 0.717) is 23.5 Å². The first-order chi connectivity index (χ1) is 13.0. The summed E-state index contributed by atoms with van der Waals surface area (Å²) in [6, 6.07) is 8.86. The smallest absolute Gasteiger partial charge is 0.326 e. The highest BCUT2D eigenvalue weighted by atomic mass is 35.5. The normalized spacial score (nSPS) is 14.9. The topological polar surface area (TPSA) is 76.7 Å². The molecule has 2 N–H and O–H groups in total. The third-order valence-electron chi connectivity index (χ3n) is 3.69. The summed E-state index contributed by atoms with van der Waals surface area (Å²) >= 11 is 6.31. The van der Waals surface area contributed by atoms with Crippen molar-refractivity contribution < 1.29 is 23.5 Å². The number of hydrogen-bond acceptors (Lipinski definition) is 4. The molecule has 0 aromatic heterocycles. The van der Waals surface area contributed by atoms with Crippen molar-refractivity contribution in [1.29, 1.82) is 0 Å². The van der Waals surface area contributed by atoms with Gasteiger partial charge in [-0.1, -0.05) is 29.8 Å². The lowest BCUT2D eigenvalue weighted by atomic mass is 10.1. The molecule has 2 aromatic carbocycles. The average molecular weight is 391 g/mol. The molecule has 0 saturated carbocycles. The van der Waals surface area contributed by atoms with Gasteiger partial charge in [-0.3, -0.25) is 10.1 Å². The summed E-state index contributed by atoms with van der Waals surface area (Å²) in [5.41, 5.74) is 1.01. The van der Waals surface area contributed by atoms with Gasteiger partial charge in [0.25, 0.3) is 5.91 Å². The van der Waals surface area contributed by atoms with Crippen molar-refractivity contribution in [2.24, 2.45) is 0 Å². The van der Waals surface area contributed by atoms with Gasteiger partial charge < -0.3 is 14.8 Å². The maximum Gasteiger partial charge on any atom is 0.326 e. The van der Waals surface area contributed by atoms with Crippen LogP contribution in [0.25, 0.3) is 6.08 Å². The van der Waals surface area contributed by atoms with Crippen molar-refractivity contribution >= 4 is 29.6 Å². The molecule has 0 bridgehead atoms. The minimum atomic E-state index is -0.591. The van der Waals surface area contributed by atoms with E-state index in [4.69, 9.17) is 21.1 Å². The Hall–Kier alpha value is -3.06. The summed E-state index contributed by atoms with van der Waals surface area (Å²) in [5.74, 6) is -0.299. The van der Waals surface area contributed by atoms with Crippen LogP contribution in [0.2, 0.25) is 5.02 Å². The number of imide groups is 1. The van der Waals surface area contributed by atoms with Crippen molar-refractivity contribution in [3.63, 3.8) is 0 Å². The van der Waals surface area contributed by atoms with Crippen LogP contribution in [0.4, 0.5) is 9.18 Å². The molecular weight excluding hydrogens is 375 g/mol. The van der Waals surface area contributed by atoms with E-state index in [1.54, 1.807) is 37.3 Å². The standard InChI is InChI=1S/C19H16ClFN2O4/c1-2-26-16-9-11(8-15-18(24)23-19(25)22-15)7-13(20)17(16)27-10-12-5-3-4-6-14(12)21/h3-9H,2,10H2,1H3,(H2,22,23,24,25). The third-order valence-corrected chi connectivity index (χ3v) is 3.97. The first-order valence-electron chi connectivity index (χ1n) is 8.14. The Balaban J connectivity index is 1.88. The number of nitrogens with one attached hydrogen (secondary N) is 2. The van der Waals surface area contributed by atoms with Crippen molar-refractivity contribution in [1.82, 2.24) is 10.6 Å². The Morgan fingerprint density at radius 2 is 1.93 bits per heavy atom. The second-order valence-corrected chi connectivity index (χ2v) is 6.02. The first-order valence-corrected chi connectivity index (χ1v) is 8.52. The van der Waals surface area contributed by atoms with E-state index in [1.807, 2.05) is 0 Å². The molecule has 3 amide bonds. The van der Waals surface area contributed by atoms with E-state index < -0.39 is 11.9 Å². The van der Waals surface area contributed by atoms with E-state index in [9.17, 15) is 14.0 Å². The summed E-state index contributed by atoms with van der Waals surface area (Å²) in [5, 5.41) is 4.74. The number of rotatable bonds is 6. The predicted octanol–water partition coefficient (Wildman–Crippen LogP) is 3.64. The molecule has 1 aliphatic rings. The van der Waals surface area contributed by atoms with Crippen LogP contribution in [0.3, 0.4) is 0 Å². The number of amides is 3. The van der Waals surface area contributed by atoms with Crippen LogP contribution in [-0.2, 0) is 11.4 Å². The maximum absolute atomic E-state index is 13.8. The number of hydrogen-bond donors (Lipinski definition) is 2. The van der Waals surface area contributed by atoms with Crippen LogP contribution < -0.4 is 20.1 Å². The SMILES string of the molecule is CCOc1cc(C=C2NC(=O)NC2=O)cc(Cl)c1OCc1ccccc1F. The molecule has 8 heteroatoms. The second kappa shape index (κ2) is 8.09. The minimum absolute atomic E-state index is 0.0225. The van der Waals surface area contributed by atoms with Gasteiger partial charge in [-0.25, -0.2) is 9.18 Å². The van der Waals surface area contributed by atoms with Crippen LogP contribution in [0.15, 0.2) is 42.1 Å². The zero-order valence-electron chi connectivity index (χ0n) is 14.3. The van der Waals surface area contributed by atoms with E-state index in [2.05, 4.69) is 10.6 Å². The number of carbonyl (C=O) groups excluding carboxylic acids is 2. The van der Waals surface area contributed by atoms with Gasteiger partial charge in [0.05, 0.1) is 11.6 Å². The van der Waals surface area contributed by atoms with Gasteiger partial charge in [-0.05, 0) is 36.8 Å². The Labute approximate surface area is 159 Å². The van der Waals surface area contributed by atoms with Gasteiger partial charge in [-0.2, -0.15) is 0 Å². The number of carbonyl (C=O) groups is 2. The number of benzene rings is 2. The summed E-state index contributed by atoms with van der Waals surface area (Å²) in [6.07, 6.45) is 1.47. The quantitative estimate of drug-likeness (QED) is 0.583. The monoisotopic (exact) mass is 390 g/mol. The fourth-order valence-electron chi connectivity index (χ4n) is 2.49. The first kappa shape index (κ1) is 18.7. The predicted molar refractivity (Wildman–Crippen MR) is 98.0 cm³/mol. The summed E-state index contributed by atoms with van der Waals surface area (Å²) in [6.45, 7) is 2.12. The van der Waals surface area contributed by atoms with Gasteiger partial charge in [0.2, 0.25) is 0 Å². The molecule has 3 rings (SSSR count). The minimum Gasteiger partial charge on any atom is -0.490 e. The van der Waals surface area contributed by atoms with Crippen LogP contribution in [0.1, 0.15) is 18.1 Å². The molecule has 1 aliphatic heterocycles. The fourth-order valence-corrected chi connectivity index (χ4v) is 2.76. The molecule has 0 atom stereocenters. The van der Waals surface area contributed by atoms with Gasteiger partial charge >= 0.3 is 6.03 Å². The molecule has 0 aliphatic carbocycles. The highest BCUT2D eigenvalue weighted by Gasteiger charge is 2.23. The number of ether oxygens (including phenoxy) is 2. The van der Waals surface area contributed by atoms with Crippen molar-refractivity contribution in [2.75, 3.05) is 6.61 Å². The summed E-state index contributed by atoms with van der Waals surface area (Å²) < 4.78 is 25.0. The summed E-state index contributed by atoms with van der Waals surface area (Å²) in [7, 11) is 0. The highest BCUT2D eigenvalue weighted by molar-refractivity contribution is 6.32. The lowest BCUT2D eigenvalue weighted by Gasteiger charge is -2.15. The Morgan fingerprint density at radius 1 is 1.15 bits per heavy atom. The maximum atomic E-state index is 13.8. The zero-order chi connectivity index (χ0) is 19.4. The fraction of sp³-hybridized carbons (Fsp3) is 0.158. The van der Waals surface area contributed by atoms with Crippen LogP contribution >= 0.6 is 11.6 Å². The van der Waals surface area contributed by atoms with Crippen molar-refractivity contribution in [2.45, 2.75) is 13.5 Å². The van der Waals surface area contributed by atoms with E-state index in [-0.39, 0.29) is 28.9 Å². The Kier molecular flexibility index (Phi) is 5.61. The van der Waals surface area contributed by atoms with Crippen molar-refractivity contribution in [3.8, 4) is 11.5 Å². The number of halogens is 2. The average Bonchev–Trinajstić information content (AvgIpc) is 2.93. The van der Waals surface area contributed by atoms with E-state index in [0.717, 1.165) is 0 Å². The van der Waals surface area contributed by atoms with E-state index >= 15 is 0 Å². The van der Waals surface area contributed by atoms with E-state index in [1.165, 1.54) is 12.1 Å². The molecule has 6 nitrogen and oxygen atoms in total. The second-order valence-electron chi connectivity index (χ2n) is 5.61. The molecule has 2 aromatic rings. The van der Waals surface area contributed by atoms with Crippen LogP contribution in [0, 0.1) is 5.82 Å². The largest absolute Gasteiger partial charge is 0.490 e. The van der Waals surface area contributed by atoms with Crippen molar-refractivity contribution in [3.05, 3.63) is 64.1 Å². The van der Waals surface area contributed by atoms with Gasteiger partial charge in [0.15, 0.2) is 11.5 Å². The molecule has 1 fully saturated rings. The number of urea groups is 1. The third kappa shape index (κ3) is 4.38. The molecule has 0 radical (unpaired) electrons. The molecule has 0 spiro atoms. The summed E-state index contributed by atoms with van der Waals surface area (Å²) in [4.78, 5) is 22.9. The molecule has 27 heavy (non-hydrogen) atoms.